The highest BCUT2D eigenvalue weighted by molar-refractivity contribution is 7.89. The van der Waals surface area contributed by atoms with Crippen molar-refractivity contribution >= 4 is 15.9 Å². The van der Waals surface area contributed by atoms with Gasteiger partial charge in [-0.3, -0.25) is 4.79 Å². The fourth-order valence-electron chi connectivity index (χ4n) is 2.50. The van der Waals surface area contributed by atoms with Gasteiger partial charge < -0.3 is 10.1 Å². The summed E-state index contributed by atoms with van der Waals surface area (Å²) in [5.74, 6) is 0.719. The van der Waals surface area contributed by atoms with Crippen LogP contribution in [0.15, 0.2) is 53.4 Å². The minimum atomic E-state index is -3.44. The normalized spacial score (nSPS) is 12.4. The Morgan fingerprint density at radius 2 is 1.69 bits per heavy atom. The maximum Gasteiger partial charge on any atom is 0.240 e. The molecular formula is C19H24N2O4S. The summed E-state index contributed by atoms with van der Waals surface area (Å²) < 4.78 is 30.8. The van der Waals surface area contributed by atoms with E-state index in [0.717, 1.165) is 16.9 Å². The Kier molecular flexibility index (Phi) is 6.76. The van der Waals surface area contributed by atoms with Gasteiger partial charge in [-0.15, -0.1) is 0 Å². The van der Waals surface area contributed by atoms with E-state index >= 15 is 0 Å². The first-order chi connectivity index (χ1) is 12.4. The number of carbonyl (C=O) groups is 1. The van der Waals surface area contributed by atoms with Gasteiger partial charge in [0.1, 0.15) is 5.75 Å². The Morgan fingerprint density at radius 1 is 1.08 bits per heavy atom. The summed E-state index contributed by atoms with van der Waals surface area (Å²) >= 11 is 0. The molecule has 2 aromatic rings. The molecule has 0 aromatic heterocycles. The van der Waals surface area contributed by atoms with Crippen LogP contribution in [0.25, 0.3) is 0 Å². The molecule has 0 radical (unpaired) electrons. The molecule has 6 nitrogen and oxygen atoms in total. The van der Waals surface area contributed by atoms with Crippen LogP contribution in [-0.2, 0) is 21.2 Å². The van der Waals surface area contributed by atoms with E-state index in [1.807, 2.05) is 31.2 Å². The Morgan fingerprint density at radius 3 is 2.23 bits per heavy atom. The van der Waals surface area contributed by atoms with Crippen molar-refractivity contribution in [2.45, 2.75) is 30.7 Å². The standard InChI is InChI=1S/C19H24N2O4S/c1-14(16-7-9-17(25-3)10-8-16)21-19(22)13-6-15-4-11-18(12-5-15)26(23,24)20-2/h4-5,7-12,14,20H,6,13H2,1-3H3,(H,21,22)/t14-/m1/s1. The topological polar surface area (TPSA) is 84.5 Å². The van der Waals surface area contributed by atoms with Crippen LogP contribution in [0, 0.1) is 0 Å². The molecule has 140 valence electrons. The van der Waals surface area contributed by atoms with E-state index in [1.165, 1.54) is 7.05 Å². The van der Waals surface area contributed by atoms with Gasteiger partial charge in [-0.25, -0.2) is 13.1 Å². The number of nitrogens with one attached hydrogen (secondary N) is 2. The molecule has 0 saturated heterocycles. The van der Waals surface area contributed by atoms with Crippen LogP contribution in [0.4, 0.5) is 0 Å². The molecule has 2 aromatic carbocycles. The summed E-state index contributed by atoms with van der Waals surface area (Å²) in [5, 5.41) is 2.96. The quantitative estimate of drug-likeness (QED) is 0.741. The highest BCUT2D eigenvalue weighted by Crippen LogP contribution is 2.17. The lowest BCUT2D eigenvalue weighted by molar-refractivity contribution is -0.121. The molecule has 2 N–H and O–H groups in total. The number of methoxy groups -OCH3 is 1. The van der Waals surface area contributed by atoms with Gasteiger partial charge in [-0.1, -0.05) is 24.3 Å². The summed E-state index contributed by atoms with van der Waals surface area (Å²) in [6, 6.07) is 14.0. The average molecular weight is 376 g/mol. The molecule has 26 heavy (non-hydrogen) atoms. The summed E-state index contributed by atoms with van der Waals surface area (Å²) in [6.07, 6.45) is 0.875. The van der Waals surface area contributed by atoms with Gasteiger partial charge in [0.15, 0.2) is 0 Å². The first-order valence-electron chi connectivity index (χ1n) is 8.31. The number of hydrogen-bond acceptors (Lipinski definition) is 4. The molecule has 0 aliphatic rings. The zero-order chi connectivity index (χ0) is 19.2. The van der Waals surface area contributed by atoms with Crippen LogP contribution < -0.4 is 14.8 Å². The van der Waals surface area contributed by atoms with E-state index in [1.54, 1.807) is 31.4 Å². The number of rotatable bonds is 8. The summed E-state index contributed by atoms with van der Waals surface area (Å²) in [7, 11) is -0.451. The van der Waals surface area contributed by atoms with E-state index < -0.39 is 10.0 Å². The van der Waals surface area contributed by atoms with Gasteiger partial charge in [0.25, 0.3) is 0 Å². The second kappa shape index (κ2) is 8.82. The van der Waals surface area contributed by atoms with Gasteiger partial charge in [-0.05, 0) is 55.8 Å². The molecule has 0 fully saturated rings. The molecule has 0 heterocycles. The number of sulfonamides is 1. The average Bonchev–Trinajstić information content (AvgIpc) is 2.66. The van der Waals surface area contributed by atoms with Crippen LogP contribution in [0.5, 0.6) is 5.75 Å². The molecule has 1 atom stereocenters. The lowest BCUT2D eigenvalue weighted by atomic mass is 10.1. The number of benzene rings is 2. The molecule has 0 aliphatic heterocycles. The molecule has 0 bridgehead atoms. The van der Waals surface area contributed by atoms with Crippen molar-refractivity contribution < 1.29 is 17.9 Å². The maximum atomic E-state index is 12.2. The molecule has 0 unspecified atom stereocenters. The number of hydrogen-bond donors (Lipinski definition) is 2. The Hall–Kier alpha value is -2.38. The van der Waals surface area contributed by atoms with Crippen molar-refractivity contribution in [2.24, 2.45) is 0 Å². The van der Waals surface area contributed by atoms with Gasteiger partial charge in [0, 0.05) is 6.42 Å². The van der Waals surface area contributed by atoms with Crippen molar-refractivity contribution in [1.82, 2.24) is 10.0 Å². The molecule has 0 aliphatic carbocycles. The maximum absolute atomic E-state index is 12.2. The number of aryl methyl sites for hydroxylation is 1. The van der Waals surface area contributed by atoms with Gasteiger partial charge >= 0.3 is 0 Å². The smallest absolute Gasteiger partial charge is 0.240 e. The summed E-state index contributed by atoms with van der Waals surface area (Å²) in [5.41, 5.74) is 1.91. The van der Waals surface area contributed by atoms with E-state index in [-0.39, 0.29) is 16.8 Å². The predicted molar refractivity (Wildman–Crippen MR) is 101 cm³/mol. The molecule has 1 amide bonds. The predicted octanol–water partition coefficient (Wildman–Crippen LogP) is 2.41. The number of carbonyl (C=O) groups excluding carboxylic acids is 1. The molecule has 0 saturated carbocycles. The van der Waals surface area contributed by atoms with Gasteiger partial charge in [0.2, 0.25) is 15.9 Å². The number of amides is 1. The fourth-order valence-corrected chi connectivity index (χ4v) is 3.23. The van der Waals surface area contributed by atoms with Gasteiger partial charge in [0.05, 0.1) is 18.0 Å². The second-order valence-corrected chi connectivity index (χ2v) is 7.80. The minimum Gasteiger partial charge on any atom is -0.497 e. The molecule has 0 spiro atoms. The van der Waals surface area contributed by atoms with Crippen LogP contribution >= 0.6 is 0 Å². The van der Waals surface area contributed by atoms with Crippen molar-refractivity contribution in [3.8, 4) is 5.75 Å². The Labute approximate surface area is 154 Å². The summed E-state index contributed by atoms with van der Waals surface area (Å²) in [4.78, 5) is 12.4. The third-order valence-electron chi connectivity index (χ3n) is 4.14. The van der Waals surface area contributed by atoms with Crippen LogP contribution in [0.1, 0.15) is 30.5 Å². The first-order valence-corrected chi connectivity index (χ1v) is 9.80. The third kappa shape index (κ3) is 5.31. The highest BCUT2D eigenvalue weighted by Gasteiger charge is 2.12. The third-order valence-corrected chi connectivity index (χ3v) is 5.57. The highest BCUT2D eigenvalue weighted by atomic mass is 32.2. The Balaban J connectivity index is 1.88. The summed E-state index contributed by atoms with van der Waals surface area (Å²) in [6.45, 7) is 1.93. The Bertz CT molecular complexity index is 831. The van der Waals surface area contributed by atoms with E-state index in [9.17, 15) is 13.2 Å². The second-order valence-electron chi connectivity index (χ2n) is 5.91. The molecule has 7 heteroatoms. The lowest BCUT2D eigenvalue weighted by Crippen LogP contribution is -2.26. The number of ether oxygens (including phenoxy) is 1. The van der Waals surface area contributed by atoms with Crippen molar-refractivity contribution in [2.75, 3.05) is 14.2 Å². The molecular weight excluding hydrogens is 352 g/mol. The van der Waals surface area contributed by atoms with Gasteiger partial charge in [-0.2, -0.15) is 0 Å². The van der Waals surface area contributed by atoms with E-state index in [2.05, 4.69) is 10.0 Å². The van der Waals surface area contributed by atoms with Crippen LogP contribution in [-0.4, -0.2) is 28.5 Å². The lowest BCUT2D eigenvalue weighted by Gasteiger charge is -2.15. The zero-order valence-electron chi connectivity index (χ0n) is 15.2. The monoisotopic (exact) mass is 376 g/mol. The molecule has 2 rings (SSSR count). The van der Waals surface area contributed by atoms with Crippen LogP contribution in [0.3, 0.4) is 0 Å². The van der Waals surface area contributed by atoms with Crippen LogP contribution in [0.2, 0.25) is 0 Å². The zero-order valence-corrected chi connectivity index (χ0v) is 16.0. The largest absolute Gasteiger partial charge is 0.497 e. The van der Waals surface area contributed by atoms with Crippen molar-refractivity contribution in [3.05, 3.63) is 59.7 Å². The fraction of sp³-hybridized carbons (Fsp3) is 0.316. The van der Waals surface area contributed by atoms with Crippen molar-refractivity contribution in [3.63, 3.8) is 0 Å². The van der Waals surface area contributed by atoms with E-state index in [0.29, 0.717) is 12.8 Å². The SMILES string of the molecule is CNS(=O)(=O)c1ccc(CCC(=O)N[C@H](C)c2ccc(OC)cc2)cc1. The minimum absolute atomic E-state index is 0.0553. The van der Waals surface area contributed by atoms with Crippen molar-refractivity contribution in [1.29, 1.82) is 0 Å². The van der Waals surface area contributed by atoms with E-state index in [4.69, 9.17) is 4.74 Å². The first kappa shape index (κ1) is 19.9.